The largest absolute Gasteiger partial charge is 1.00 e. The van der Waals surface area contributed by atoms with Crippen LogP contribution in [-0.2, 0) is 10.5 Å². The number of rotatable bonds is 4. The predicted molar refractivity (Wildman–Crippen MR) is 52.8 cm³/mol. The quantitative estimate of drug-likeness (QED) is 0.347. The van der Waals surface area contributed by atoms with Crippen LogP contribution < -0.4 is 103 Å². The summed E-state index contributed by atoms with van der Waals surface area (Å²) in [5.74, 6) is 0. The molecule has 0 N–H and O–H groups in total. The van der Waals surface area contributed by atoms with E-state index in [1.54, 1.807) is 0 Å². The van der Waals surface area contributed by atoms with Gasteiger partial charge in [-0.1, -0.05) is 0 Å². The summed E-state index contributed by atoms with van der Waals surface area (Å²) in [6, 6.07) is 0. The Kier molecular flexibility index (Phi) is 23.9. The zero-order valence-electron chi connectivity index (χ0n) is 7.74. The molecule has 0 aliphatic carbocycles. The van der Waals surface area contributed by atoms with Crippen molar-refractivity contribution < 1.29 is 113 Å². The Bertz CT molecular complexity index is 269. The Morgan fingerprint density at radius 3 is 0.933 bits per heavy atom. The van der Waals surface area contributed by atoms with Crippen molar-refractivity contribution in [1.29, 1.82) is 21.0 Å². The van der Waals surface area contributed by atoms with Gasteiger partial charge in [-0.05, 0) is 0 Å². The number of nitrogens with zero attached hydrogens (tertiary/aromatic N) is 4. The summed E-state index contributed by atoms with van der Waals surface area (Å²) in [6.07, 6.45) is 0. The molecule has 0 atom stereocenters. The monoisotopic (exact) mass is 416 g/mol. The third kappa shape index (κ3) is 10.9. The van der Waals surface area contributed by atoms with Gasteiger partial charge < -0.3 is 0 Å². The van der Waals surface area contributed by atoms with E-state index in [-0.39, 0.29) is 103 Å². The second-order valence-corrected chi connectivity index (χ2v) is 22.5. The summed E-state index contributed by atoms with van der Waals surface area (Å²) >= 11 is 0. The summed E-state index contributed by atoms with van der Waals surface area (Å²) in [6.45, 7) is 0. The molecular weight excluding hydrogens is 417 g/mol. The standard InChI is InChI=1S/4CHNS.2K.Pd/c4*2-1-3;;;/h4*3H;;;/q;;;;2*+1;+2/p-4. The molecule has 0 aromatic heterocycles. The van der Waals surface area contributed by atoms with Crippen molar-refractivity contribution in [3.63, 3.8) is 0 Å². The van der Waals surface area contributed by atoms with Gasteiger partial charge in [-0.2, -0.15) is 0 Å². The second kappa shape index (κ2) is 15.4. The number of nitriles is 4. The molecule has 4 nitrogen and oxygen atoms in total. The molecule has 0 spiro atoms. The van der Waals surface area contributed by atoms with Gasteiger partial charge in [0.05, 0.1) is 0 Å². The Balaban J connectivity index is -0.000000720. The van der Waals surface area contributed by atoms with Crippen LogP contribution >= 0.6 is 38.3 Å². The van der Waals surface area contributed by atoms with Gasteiger partial charge in [0.1, 0.15) is 0 Å². The van der Waals surface area contributed by atoms with Gasteiger partial charge in [-0.25, -0.2) is 0 Å². The molecule has 0 unspecified atom stereocenters. The number of hydrogen-bond donors (Lipinski definition) is 0. The first-order valence-electron chi connectivity index (χ1n) is 2.23. The van der Waals surface area contributed by atoms with E-state index in [0.717, 1.165) is 38.3 Å². The minimum Gasteiger partial charge on any atom is 1.00 e. The van der Waals surface area contributed by atoms with Gasteiger partial charge in [-0.15, -0.1) is 0 Å². The van der Waals surface area contributed by atoms with Crippen molar-refractivity contribution in [2.24, 2.45) is 0 Å². The third-order valence-electron chi connectivity index (χ3n) is 0.432. The Morgan fingerprint density at radius 2 is 0.800 bits per heavy atom. The van der Waals surface area contributed by atoms with Crippen molar-refractivity contribution in [2.75, 3.05) is 0 Å². The zero-order valence-corrected chi connectivity index (χ0v) is 18.8. The molecule has 15 heavy (non-hydrogen) atoms. The maximum atomic E-state index is 8.46. The average Bonchev–Trinajstić information content (AvgIpc) is 2.06. The van der Waals surface area contributed by atoms with Gasteiger partial charge in [0.25, 0.3) is 0 Å². The maximum Gasteiger partial charge on any atom is 1.00 e. The van der Waals surface area contributed by atoms with E-state index in [1.165, 1.54) is 0 Å². The van der Waals surface area contributed by atoms with Crippen molar-refractivity contribution in [1.82, 2.24) is 0 Å². The normalized spacial score (nSPS) is 8.80. The second-order valence-electron chi connectivity index (χ2n) is 0.940. The van der Waals surface area contributed by atoms with Gasteiger partial charge in [-0.3, -0.25) is 0 Å². The van der Waals surface area contributed by atoms with E-state index in [1.807, 2.05) is 21.6 Å². The van der Waals surface area contributed by atoms with E-state index in [0.29, 0.717) is 0 Å². The van der Waals surface area contributed by atoms with E-state index < -0.39 is 10.5 Å². The van der Waals surface area contributed by atoms with Gasteiger partial charge >= 0.3 is 194 Å². The zero-order chi connectivity index (χ0) is 10.2. The first-order chi connectivity index (χ1) is 6.24. The van der Waals surface area contributed by atoms with Crippen LogP contribution in [0.25, 0.3) is 0 Å². The molecule has 0 fully saturated rings. The third-order valence-corrected chi connectivity index (χ3v) is 18.9. The van der Waals surface area contributed by atoms with E-state index in [2.05, 4.69) is 0 Å². The van der Waals surface area contributed by atoms with Crippen LogP contribution in [0.3, 0.4) is 0 Å². The summed E-state index contributed by atoms with van der Waals surface area (Å²) in [5.41, 5.74) is 0. The Hall–Kier alpha value is 3.30. The molecule has 0 aromatic rings. The van der Waals surface area contributed by atoms with Crippen LogP contribution in [0.2, 0.25) is 0 Å². The van der Waals surface area contributed by atoms with Crippen LogP contribution in [0, 0.1) is 42.7 Å². The van der Waals surface area contributed by atoms with E-state index in [9.17, 15) is 0 Å². The summed E-state index contributed by atoms with van der Waals surface area (Å²) in [4.78, 5) is 0. The molecular formula is C4K2N4PdS4. The molecule has 0 heterocycles. The van der Waals surface area contributed by atoms with Crippen molar-refractivity contribution in [3.05, 3.63) is 0 Å². The molecule has 0 amide bonds. The van der Waals surface area contributed by atoms with Crippen molar-refractivity contribution in [2.45, 2.75) is 0 Å². The molecule has 0 bridgehead atoms. The summed E-state index contributed by atoms with van der Waals surface area (Å²) < 4.78 is 0. The fourth-order valence-electron chi connectivity index (χ4n) is 0.220. The summed E-state index contributed by atoms with van der Waals surface area (Å²) in [7, 11) is 0.805. The van der Waals surface area contributed by atoms with Gasteiger partial charge in [0.15, 0.2) is 0 Å². The van der Waals surface area contributed by atoms with Crippen LogP contribution in [-0.4, -0.2) is 0 Å². The van der Waals surface area contributed by atoms with Gasteiger partial charge in [0.2, 0.25) is 0 Å². The molecule has 0 aromatic carbocycles. The smallest absolute Gasteiger partial charge is 1.00 e. The minimum atomic E-state index is -2.69. The van der Waals surface area contributed by atoms with Gasteiger partial charge in [0, 0.05) is 0 Å². The van der Waals surface area contributed by atoms with E-state index >= 15 is 0 Å². The molecule has 0 rings (SSSR count). The molecule has 11 heteroatoms. The van der Waals surface area contributed by atoms with Crippen LogP contribution in [0.4, 0.5) is 0 Å². The van der Waals surface area contributed by atoms with E-state index in [4.69, 9.17) is 21.0 Å². The predicted octanol–water partition coefficient (Wildman–Crippen LogP) is -3.33. The Labute approximate surface area is 189 Å². The van der Waals surface area contributed by atoms with Crippen molar-refractivity contribution >= 4 is 38.3 Å². The van der Waals surface area contributed by atoms with Crippen molar-refractivity contribution in [3.8, 4) is 21.6 Å². The molecule has 0 saturated heterocycles. The molecule has 0 radical (unpaired) electrons. The molecule has 72 valence electrons. The molecule has 0 saturated carbocycles. The fraction of sp³-hybridized carbons (Fsp3) is 0. The SMILES string of the molecule is N#C[S][Pd-2]([S]C#N)([S]C#N)[S]C#N.[K+].[K+]. The molecule has 0 aliphatic rings. The van der Waals surface area contributed by atoms with Crippen LogP contribution in [0.1, 0.15) is 0 Å². The minimum absolute atomic E-state index is 0. The fourth-order valence-corrected chi connectivity index (χ4v) is 11.7. The maximum absolute atomic E-state index is 8.46. The number of thiocyanates is 4. The number of hydrogen-bond acceptors (Lipinski definition) is 8. The first kappa shape index (κ1) is 23.4. The Morgan fingerprint density at radius 1 is 0.600 bits per heavy atom. The molecule has 0 aliphatic heterocycles. The summed E-state index contributed by atoms with van der Waals surface area (Å²) in [5, 5.41) is 41.2. The first-order valence-corrected chi connectivity index (χ1v) is 12.5. The van der Waals surface area contributed by atoms with Crippen LogP contribution in [0.15, 0.2) is 0 Å². The van der Waals surface area contributed by atoms with Crippen LogP contribution in [0.5, 0.6) is 0 Å². The topological polar surface area (TPSA) is 95.2 Å². The average molecular weight is 417 g/mol.